The van der Waals surface area contributed by atoms with Crippen molar-refractivity contribution in [2.75, 3.05) is 68.1 Å². The summed E-state index contributed by atoms with van der Waals surface area (Å²) in [6.45, 7) is 8.99. The molecule has 0 saturated carbocycles. The number of hydrogen-bond donors (Lipinski definition) is 1. The predicted octanol–water partition coefficient (Wildman–Crippen LogP) is 3.83. The molecule has 6 nitrogen and oxygen atoms in total. The number of likely N-dealkylation sites (N-methyl/N-ethyl adjacent to an activating group) is 1. The largest absolute Gasteiger partial charge is 0.378 e. The van der Waals surface area contributed by atoms with Crippen molar-refractivity contribution in [2.24, 2.45) is 5.92 Å². The number of para-hydroxylation sites is 1. The number of carbonyl (C=O) groups is 1. The smallest absolute Gasteiger partial charge is 0.238 e. The van der Waals surface area contributed by atoms with E-state index in [1.165, 1.54) is 29.8 Å². The molecule has 2 aromatic rings. The summed E-state index contributed by atoms with van der Waals surface area (Å²) in [7, 11) is 2.00. The lowest BCUT2D eigenvalue weighted by molar-refractivity contribution is -0.117. The molecule has 0 aromatic heterocycles. The molecule has 0 atom stereocenters. The molecule has 1 amide bonds. The Morgan fingerprint density at radius 2 is 1.69 bits per heavy atom. The number of benzene rings is 2. The molecule has 2 aliphatic heterocycles. The lowest BCUT2D eigenvalue weighted by Crippen LogP contribution is -2.37. The van der Waals surface area contributed by atoms with Crippen molar-refractivity contribution < 1.29 is 9.53 Å². The highest BCUT2D eigenvalue weighted by Gasteiger charge is 2.17. The molecule has 0 bridgehead atoms. The van der Waals surface area contributed by atoms with E-state index in [2.05, 4.69) is 63.3 Å². The van der Waals surface area contributed by atoms with E-state index in [1.54, 1.807) is 0 Å². The van der Waals surface area contributed by atoms with Crippen LogP contribution in [0.5, 0.6) is 0 Å². The SMILES string of the molecule is CC1CCN(c2ccc(NC(=O)CN(C)Cc3ccccc3N3CCOCC3)cc2)CC1. The standard InChI is InChI=1S/C26H36N4O2/c1-21-11-13-29(14-12-21)24-9-7-23(8-10-24)27-26(31)20-28(2)19-22-5-3-4-6-25(22)30-15-17-32-18-16-30/h3-10,21H,11-20H2,1-2H3,(H,27,31). The average molecular weight is 437 g/mol. The molecular weight excluding hydrogens is 400 g/mol. The van der Waals surface area contributed by atoms with Crippen molar-refractivity contribution in [2.45, 2.75) is 26.3 Å². The molecular formula is C26H36N4O2. The number of nitrogens with one attached hydrogen (secondary N) is 1. The summed E-state index contributed by atoms with van der Waals surface area (Å²) in [5, 5.41) is 3.05. The molecule has 1 N–H and O–H groups in total. The third-order valence-corrected chi connectivity index (χ3v) is 6.50. The van der Waals surface area contributed by atoms with Gasteiger partial charge in [-0.1, -0.05) is 25.1 Å². The number of rotatable bonds is 7. The summed E-state index contributed by atoms with van der Waals surface area (Å²) in [5.41, 5.74) is 4.58. The molecule has 0 unspecified atom stereocenters. The number of piperidine rings is 1. The van der Waals surface area contributed by atoms with E-state index in [4.69, 9.17) is 4.74 Å². The van der Waals surface area contributed by atoms with Crippen LogP contribution in [0, 0.1) is 5.92 Å². The van der Waals surface area contributed by atoms with Gasteiger partial charge in [0.15, 0.2) is 0 Å². The lowest BCUT2D eigenvalue weighted by Gasteiger charge is -2.32. The maximum Gasteiger partial charge on any atom is 0.238 e. The first kappa shape index (κ1) is 22.6. The quantitative estimate of drug-likeness (QED) is 0.715. The highest BCUT2D eigenvalue weighted by atomic mass is 16.5. The predicted molar refractivity (Wildman–Crippen MR) is 131 cm³/mol. The number of amides is 1. The maximum absolute atomic E-state index is 12.6. The molecule has 2 aliphatic rings. The van der Waals surface area contributed by atoms with Gasteiger partial charge in [-0.05, 0) is 61.7 Å². The minimum absolute atomic E-state index is 0.0101. The Balaban J connectivity index is 1.29. The average Bonchev–Trinajstić information content (AvgIpc) is 2.81. The van der Waals surface area contributed by atoms with Gasteiger partial charge in [0.05, 0.1) is 19.8 Å². The van der Waals surface area contributed by atoms with Gasteiger partial charge in [0, 0.05) is 49.8 Å². The van der Waals surface area contributed by atoms with E-state index in [0.717, 1.165) is 57.5 Å². The minimum Gasteiger partial charge on any atom is -0.378 e. The van der Waals surface area contributed by atoms with E-state index < -0.39 is 0 Å². The zero-order valence-electron chi connectivity index (χ0n) is 19.4. The summed E-state index contributed by atoms with van der Waals surface area (Å²) < 4.78 is 5.49. The van der Waals surface area contributed by atoms with Crippen LogP contribution in [0.15, 0.2) is 48.5 Å². The van der Waals surface area contributed by atoms with Gasteiger partial charge < -0.3 is 19.9 Å². The fourth-order valence-electron chi connectivity index (χ4n) is 4.57. The molecule has 2 saturated heterocycles. The van der Waals surface area contributed by atoms with Crippen molar-refractivity contribution >= 4 is 23.0 Å². The van der Waals surface area contributed by atoms with Crippen LogP contribution < -0.4 is 15.1 Å². The number of anilines is 3. The Labute approximate surface area is 192 Å². The van der Waals surface area contributed by atoms with Crippen LogP contribution in [-0.4, -0.2) is 63.8 Å². The number of nitrogens with zero attached hydrogens (tertiary/aromatic N) is 3. The molecule has 0 aliphatic carbocycles. The monoisotopic (exact) mass is 436 g/mol. The van der Waals surface area contributed by atoms with Gasteiger partial charge in [0.1, 0.15) is 0 Å². The van der Waals surface area contributed by atoms with Crippen LogP contribution in [0.3, 0.4) is 0 Å². The van der Waals surface area contributed by atoms with Gasteiger partial charge in [-0.15, -0.1) is 0 Å². The second-order valence-electron chi connectivity index (χ2n) is 9.17. The Hall–Kier alpha value is -2.57. The molecule has 172 valence electrons. The summed E-state index contributed by atoms with van der Waals surface area (Å²) in [6, 6.07) is 16.7. The summed E-state index contributed by atoms with van der Waals surface area (Å²) in [4.78, 5) is 19.5. The zero-order chi connectivity index (χ0) is 22.3. The van der Waals surface area contributed by atoms with Crippen LogP contribution in [0.1, 0.15) is 25.3 Å². The van der Waals surface area contributed by atoms with Gasteiger partial charge in [-0.25, -0.2) is 0 Å². The van der Waals surface area contributed by atoms with Gasteiger partial charge >= 0.3 is 0 Å². The summed E-state index contributed by atoms with van der Waals surface area (Å²) in [6.07, 6.45) is 2.50. The molecule has 2 fully saturated rings. The van der Waals surface area contributed by atoms with Crippen molar-refractivity contribution in [3.8, 4) is 0 Å². The Morgan fingerprint density at radius 3 is 2.41 bits per heavy atom. The Bertz CT molecular complexity index is 872. The molecule has 32 heavy (non-hydrogen) atoms. The molecule has 4 rings (SSSR count). The van der Waals surface area contributed by atoms with E-state index in [1.807, 2.05) is 19.2 Å². The molecule has 2 heterocycles. The number of hydrogen-bond acceptors (Lipinski definition) is 5. The maximum atomic E-state index is 12.6. The molecule has 2 aromatic carbocycles. The van der Waals surface area contributed by atoms with E-state index in [0.29, 0.717) is 6.54 Å². The summed E-state index contributed by atoms with van der Waals surface area (Å²) in [5.74, 6) is 0.832. The summed E-state index contributed by atoms with van der Waals surface area (Å²) >= 11 is 0. The first-order valence-electron chi connectivity index (χ1n) is 11.8. The van der Waals surface area contributed by atoms with Crippen LogP contribution in [0.2, 0.25) is 0 Å². The van der Waals surface area contributed by atoms with Gasteiger partial charge in [0.25, 0.3) is 0 Å². The third kappa shape index (κ3) is 6.02. The molecule has 0 spiro atoms. The minimum atomic E-state index is 0.0101. The fraction of sp³-hybridized carbons (Fsp3) is 0.500. The first-order chi connectivity index (χ1) is 15.6. The van der Waals surface area contributed by atoms with Crippen molar-refractivity contribution in [1.82, 2.24) is 4.90 Å². The van der Waals surface area contributed by atoms with Crippen molar-refractivity contribution in [3.63, 3.8) is 0 Å². The van der Waals surface area contributed by atoms with Gasteiger partial charge in [0.2, 0.25) is 5.91 Å². The Morgan fingerprint density at radius 1 is 1.00 bits per heavy atom. The van der Waals surface area contributed by atoms with Crippen LogP contribution >= 0.6 is 0 Å². The number of carbonyl (C=O) groups excluding carboxylic acids is 1. The van der Waals surface area contributed by atoms with E-state index >= 15 is 0 Å². The highest BCUT2D eigenvalue weighted by Crippen LogP contribution is 2.25. The number of morpholine rings is 1. The first-order valence-corrected chi connectivity index (χ1v) is 11.8. The number of ether oxygens (including phenoxy) is 1. The Kier molecular flexibility index (Phi) is 7.66. The van der Waals surface area contributed by atoms with E-state index in [-0.39, 0.29) is 5.91 Å². The van der Waals surface area contributed by atoms with E-state index in [9.17, 15) is 4.79 Å². The fourth-order valence-corrected chi connectivity index (χ4v) is 4.57. The zero-order valence-corrected chi connectivity index (χ0v) is 19.4. The van der Waals surface area contributed by atoms with Gasteiger partial charge in [-0.3, -0.25) is 9.69 Å². The molecule has 0 radical (unpaired) electrons. The van der Waals surface area contributed by atoms with Crippen LogP contribution in [0.25, 0.3) is 0 Å². The van der Waals surface area contributed by atoms with Gasteiger partial charge in [-0.2, -0.15) is 0 Å². The van der Waals surface area contributed by atoms with Crippen molar-refractivity contribution in [1.29, 1.82) is 0 Å². The van der Waals surface area contributed by atoms with Crippen LogP contribution in [-0.2, 0) is 16.1 Å². The lowest BCUT2D eigenvalue weighted by atomic mass is 9.99. The van der Waals surface area contributed by atoms with Crippen LogP contribution in [0.4, 0.5) is 17.1 Å². The van der Waals surface area contributed by atoms with Crippen molar-refractivity contribution in [3.05, 3.63) is 54.1 Å². The normalized spacial score (nSPS) is 17.6. The topological polar surface area (TPSA) is 48.1 Å². The molecule has 6 heteroatoms. The second kappa shape index (κ2) is 10.8. The third-order valence-electron chi connectivity index (χ3n) is 6.50. The highest BCUT2D eigenvalue weighted by molar-refractivity contribution is 5.92. The second-order valence-corrected chi connectivity index (χ2v) is 9.17.